The average molecular weight is 295 g/mol. The topological polar surface area (TPSA) is 92.5 Å². The van der Waals surface area contributed by atoms with Gasteiger partial charge in [0.15, 0.2) is 0 Å². The third-order valence-corrected chi connectivity index (χ3v) is 3.48. The molecule has 7 heteroatoms. The number of aryl methyl sites for hydroxylation is 1. The summed E-state index contributed by atoms with van der Waals surface area (Å²) in [6, 6.07) is 2.60. The minimum Gasteiger partial charge on any atom is -0.480 e. The molecular weight excluding hydrogens is 274 g/mol. The zero-order valence-corrected chi connectivity index (χ0v) is 12.8. The van der Waals surface area contributed by atoms with Gasteiger partial charge in [-0.15, -0.1) is 0 Å². The average Bonchev–Trinajstić information content (AvgIpc) is 2.44. The SMILES string of the molecule is CCCCn1nc(C(=O)N(C)C(C)(C)C(=O)O)ccc1=O. The molecule has 0 radical (unpaired) electrons. The van der Waals surface area contributed by atoms with Crippen LogP contribution in [0.4, 0.5) is 0 Å². The lowest BCUT2D eigenvalue weighted by Crippen LogP contribution is -2.51. The van der Waals surface area contributed by atoms with E-state index in [4.69, 9.17) is 5.11 Å². The van der Waals surface area contributed by atoms with Crippen LogP contribution in [0.3, 0.4) is 0 Å². The van der Waals surface area contributed by atoms with E-state index in [0.29, 0.717) is 6.54 Å². The molecule has 0 aromatic carbocycles. The van der Waals surface area contributed by atoms with Crippen LogP contribution in [0.5, 0.6) is 0 Å². The second kappa shape index (κ2) is 6.51. The summed E-state index contributed by atoms with van der Waals surface area (Å²) >= 11 is 0. The molecule has 0 aliphatic carbocycles. The molecule has 21 heavy (non-hydrogen) atoms. The zero-order valence-electron chi connectivity index (χ0n) is 12.8. The number of amides is 1. The van der Waals surface area contributed by atoms with Crippen LogP contribution in [0.2, 0.25) is 0 Å². The van der Waals surface area contributed by atoms with Gasteiger partial charge in [-0.25, -0.2) is 9.48 Å². The number of likely N-dealkylation sites (N-methyl/N-ethyl adjacent to an activating group) is 1. The van der Waals surface area contributed by atoms with Crippen molar-refractivity contribution in [2.24, 2.45) is 0 Å². The molecule has 0 fully saturated rings. The van der Waals surface area contributed by atoms with Crippen molar-refractivity contribution in [1.82, 2.24) is 14.7 Å². The fourth-order valence-electron chi connectivity index (χ4n) is 1.60. The molecule has 1 rings (SSSR count). The van der Waals surface area contributed by atoms with Crippen LogP contribution in [0, 0.1) is 0 Å². The molecule has 0 atom stereocenters. The van der Waals surface area contributed by atoms with E-state index in [1.54, 1.807) is 0 Å². The molecule has 0 spiro atoms. The molecule has 0 aliphatic rings. The van der Waals surface area contributed by atoms with E-state index < -0.39 is 17.4 Å². The second-order valence-electron chi connectivity index (χ2n) is 5.36. The van der Waals surface area contributed by atoms with Crippen molar-refractivity contribution >= 4 is 11.9 Å². The number of aromatic nitrogens is 2. The highest BCUT2D eigenvalue weighted by Crippen LogP contribution is 2.15. The number of carbonyl (C=O) groups excluding carboxylic acids is 1. The maximum Gasteiger partial charge on any atom is 0.329 e. The van der Waals surface area contributed by atoms with Crippen LogP contribution >= 0.6 is 0 Å². The van der Waals surface area contributed by atoms with E-state index in [1.807, 2.05) is 6.92 Å². The molecule has 0 unspecified atom stereocenters. The Morgan fingerprint density at radius 2 is 2.00 bits per heavy atom. The van der Waals surface area contributed by atoms with E-state index in [0.717, 1.165) is 17.7 Å². The first kappa shape index (κ1) is 16.9. The highest BCUT2D eigenvalue weighted by atomic mass is 16.4. The van der Waals surface area contributed by atoms with Crippen LogP contribution in [-0.4, -0.2) is 44.3 Å². The summed E-state index contributed by atoms with van der Waals surface area (Å²) in [6.45, 7) is 5.28. The molecule has 1 heterocycles. The first-order valence-electron chi connectivity index (χ1n) is 6.81. The summed E-state index contributed by atoms with van der Waals surface area (Å²) in [5.74, 6) is -1.65. The molecule has 0 bridgehead atoms. The predicted molar refractivity (Wildman–Crippen MR) is 77.2 cm³/mol. The van der Waals surface area contributed by atoms with Gasteiger partial charge in [-0.1, -0.05) is 13.3 Å². The number of nitrogens with zero attached hydrogens (tertiary/aromatic N) is 3. The van der Waals surface area contributed by atoms with E-state index >= 15 is 0 Å². The van der Waals surface area contributed by atoms with Crippen LogP contribution < -0.4 is 5.56 Å². The molecule has 0 saturated heterocycles. The number of carbonyl (C=O) groups is 2. The quantitative estimate of drug-likeness (QED) is 0.844. The highest BCUT2D eigenvalue weighted by molar-refractivity contribution is 5.95. The minimum absolute atomic E-state index is 0.0579. The fourth-order valence-corrected chi connectivity index (χ4v) is 1.60. The lowest BCUT2D eigenvalue weighted by Gasteiger charge is -2.31. The zero-order chi connectivity index (χ0) is 16.2. The maximum absolute atomic E-state index is 12.3. The number of rotatable bonds is 6. The first-order chi connectivity index (χ1) is 9.71. The molecule has 7 nitrogen and oxygen atoms in total. The van der Waals surface area contributed by atoms with Crippen molar-refractivity contribution in [2.45, 2.75) is 45.7 Å². The van der Waals surface area contributed by atoms with Gasteiger partial charge in [0.1, 0.15) is 11.2 Å². The Labute approximate surface area is 123 Å². The minimum atomic E-state index is -1.36. The normalized spacial score (nSPS) is 11.2. The van der Waals surface area contributed by atoms with E-state index in [1.165, 1.54) is 37.7 Å². The number of aliphatic carboxylic acids is 1. The largest absolute Gasteiger partial charge is 0.480 e. The highest BCUT2D eigenvalue weighted by Gasteiger charge is 2.36. The second-order valence-corrected chi connectivity index (χ2v) is 5.36. The number of hydrogen-bond acceptors (Lipinski definition) is 4. The van der Waals surface area contributed by atoms with Crippen LogP contribution in [0.25, 0.3) is 0 Å². The Kier molecular flexibility index (Phi) is 5.23. The Hall–Kier alpha value is -2.18. The summed E-state index contributed by atoms with van der Waals surface area (Å²) in [5.41, 5.74) is -1.58. The lowest BCUT2D eigenvalue weighted by molar-refractivity contribution is -0.147. The Balaban J connectivity index is 3.08. The van der Waals surface area contributed by atoms with Gasteiger partial charge in [-0.3, -0.25) is 9.59 Å². The summed E-state index contributed by atoms with van der Waals surface area (Å²) < 4.78 is 1.23. The van der Waals surface area contributed by atoms with Crippen LogP contribution in [0.1, 0.15) is 44.1 Å². The van der Waals surface area contributed by atoms with Gasteiger partial charge in [-0.05, 0) is 26.3 Å². The molecule has 1 N–H and O–H groups in total. The molecule has 1 amide bonds. The molecule has 0 saturated carbocycles. The van der Waals surface area contributed by atoms with Crippen molar-refractivity contribution in [1.29, 1.82) is 0 Å². The molecule has 1 aromatic heterocycles. The Morgan fingerprint density at radius 3 is 2.52 bits per heavy atom. The summed E-state index contributed by atoms with van der Waals surface area (Å²) in [7, 11) is 1.40. The van der Waals surface area contributed by atoms with Crippen molar-refractivity contribution in [3.8, 4) is 0 Å². The van der Waals surface area contributed by atoms with Gasteiger partial charge in [0.05, 0.1) is 0 Å². The van der Waals surface area contributed by atoms with Crippen molar-refractivity contribution < 1.29 is 14.7 Å². The maximum atomic E-state index is 12.3. The standard InChI is InChI=1S/C14H21N3O4/c1-5-6-9-17-11(18)8-7-10(15-17)12(19)16(4)14(2,3)13(20)21/h7-8H,5-6,9H2,1-4H3,(H,20,21). The van der Waals surface area contributed by atoms with Gasteiger partial charge < -0.3 is 10.0 Å². The van der Waals surface area contributed by atoms with Crippen LogP contribution in [-0.2, 0) is 11.3 Å². The van der Waals surface area contributed by atoms with E-state index in [-0.39, 0.29) is 11.3 Å². The Bertz CT molecular complexity index is 592. The fraction of sp³-hybridized carbons (Fsp3) is 0.571. The van der Waals surface area contributed by atoms with Crippen molar-refractivity contribution in [3.63, 3.8) is 0 Å². The van der Waals surface area contributed by atoms with E-state index in [2.05, 4.69) is 5.10 Å². The number of carboxylic acid groups (broad SMARTS) is 1. The van der Waals surface area contributed by atoms with Gasteiger partial charge in [0.25, 0.3) is 11.5 Å². The third-order valence-electron chi connectivity index (χ3n) is 3.48. The van der Waals surface area contributed by atoms with Crippen molar-refractivity contribution in [2.75, 3.05) is 7.05 Å². The van der Waals surface area contributed by atoms with Gasteiger partial charge >= 0.3 is 5.97 Å². The predicted octanol–water partition coefficient (Wildman–Crippen LogP) is 0.979. The van der Waals surface area contributed by atoms with Crippen molar-refractivity contribution in [3.05, 3.63) is 28.2 Å². The molecular formula is C14H21N3O4. The number of carboxylic acids is 1. The summed E-state index contributed by atoms with van der Waals surface area (Å²) in [6.07, 6.45) is 1.68. The first-order valence-corrected chi connectivity index (χ1v) is 6.81. The van der Waals surface area contributed by atoms with Crippen LogP contribution in [0.15, 0.2) is 16.9 Å². The van der Waals surface area contributed by atoms with E-state index in [9.17, 15) is 14.4 Å². The number of hydrogen-bond donors (Lipinski definition) is 1. The Morgan fingerprint density at radius 1 is 1.38 bits per heavy atom. The molecule has 0 aliphatic heterocycles. The summed E-state index contributed by atoms with van der Waals surface area (Å²) in [4.78, 5) is 36.3. The summed E-state index contributed by atoms with van der Waals surface area (Å²) in [5, 5.41) is 13.2. The molecule has 116 valence electrons. The van der Waals surface area contributed by atoms with Gasteiger partial charge in [-0.2, -0.15) is 5.10 Å². The van der Waals surface area contributed by atoms with Gasteiger partial charge in [0, 0.05) is 19.7 Å². The lowest BCUT2D eigenvalue weighted by atomic mass is 10.0. The molecule has 1 aromatic rings. The smallest absolute Gasteiger partial charge is 0.329 e. The third kappa shape index (κ3) is 3.68. The van der Waals surface area contributed by atoms with Gasteiger partial charge in [0.2, 0.25) is 0 Å². The number of unbranched alkanes of at least 4 members (excludes halogenated alkanes) is 1. The monoisotopic (exact) mass is 295 g/mol.